The van der Waals surface area contributed by atoms with Crippen molar-refractivity contribution in [2.75, 3.05) is 11.9 Å². The van der Waals surface area contributed by atoms with E-state index in [1.807, 2.05) is 42.5 Å². The molecule has 3 rings (SSSR count). The summed E-state index contributed by atoms with van der Waals surface area (Å²) in [6.45, 7) is 0.0828. The molecule has 0 spiro atoms. The Morgan fingerprint density at radius 1 is 1.12 bits per heavy atom. The van der Waals surface area contributed by atoms with Crippen LogP contribution in [0.1, 0.15) is 5.56 Å². The first-order valence-corrected chi connectivity index (χ1v) is 9.35. The minimum Gasteiger partial charge on any atom is -0.506 e. The number of fused-ring (bicyclic) bond motifs is 1. The zero-order chi connectivity index (χ0) is 18.5. The highest BCUT2D eigenvalue weighted by Gasteiger charge is 2.06. The number of hydrogen-bond donors (Lipinski definition) is 3. The number of hydrazone groups is 1. The molecule has 0 unspecified atom stereocenters. The van der Waals surface area contributed by atoms with Crippen LogP contribution in [0.4, 0.5) is 5.69 Å². The van der Waals surface area contributed by atoms with Crippen molar-refractivity contribution in [2.24, 2.45) is 5.10 Å². The normalized spacial score (nSPS) is 11.0. The molecule has 0 aliphatic rings. The Kier molecular flexibility index (Phi) is 5.90. The fraction of sp³-hybridized carbons (Fsp3) is 0.0526. The number of phenols is 1. The molecule has 0 heterocycles. The minimum absolute atomic E-state index is 0.0556. The molecule has 0 radical (unpaired) electrons. The summed E-state index contributed by atoms with van der Waals surface area (Å²) in [7, 11) is 0. The van der Waals surface area contributed by atoms with E-state index in [9.17, 15) is 9.90 Å². The van der Waals surface area contributed by atoms with Crippen molar-refractivity contribution in [2.45, 2.75) is 0 Å². The van der Waals surface area contributed by atoms with Gasteiger partial charge in [-0.05, 0) is 39.5 Å². The molecule has 0 aromatic heterocycles. The van der Waals surface area contributed by atoms with Crippen molar-refractivity contribution in [3.05, 3.63) is 69.1 Å². The predicted molar refractivity (Wildman–Crippen MR) is 112 cm³/mol. The van der Waals surface area contributed by atoms with Gasteiger partial charge in [-0.1, -0.05) is 52.3 Å². The third kappa shape index (κ3) is 4.42. The van der Waals surface area contributed by atoms with E-state index >= 15 is 0 Å². The van der Waals surface area contributed by atoms with Gasteiger partial charge in [-0.25, -0.2) is 5.43 Å². The van der Waals surface area contributed by atoms with Gasteiger partial charge in [0.25, 0.3) is 5.91 Å². The number of amides is 1. The largest absolute Gasteiger partial charge is 0.506 e. The summed E-state index contributed by atoms with van der Waals surface area (Å²) in [5.74, 6) is -0.234. The van der Waals surface area contributed by atoms with Gasteiger partial charge < -0.3 is 10.4 Å². The second-order valence-corrected chi connectivity index (χ2v) is 7.27. The molecule has 0 aliphatic carbocycles. The Bertz CT molecular complexity index is 984. The molecule has 0 saturated carbocycles. The molecule has 0 atom stereocenters. The number of aromatic hydroxyl groups is 1. The molecule has 3 aromatic rings. The average Bonchev–Trinajstić information content (AvgIpc) is 2.63. The lowest BCUT2D eigenvalue weighted by molar-refractivity contribution is -0.119. The maximum absolute atomic E-state index is 12.0. The van der Waals surface area contributed by atoms with Gasteiger partial charge >= 0.3 is 0 Å². The first-order valence-electron chi connectivity index (χ1n) is 7.76. The number of anilines is 1. The van der Waals surface area contributed by atoms with Crippen molar-refractivity contribution in [1.29, 1.82) is 0 Å². The van der Waals surface area contributed by atoms with Crippen molar-refractivity contribution >= 4 is 60.4 Å². The summed E-state index contributed by atoms with van der Waals surface area (Å²) < 4.78 is 1.32. The highest BCUT2D eigenvalue weighted by molar-refractivity contribution is 9.11. The maximum atomic E-state index is 12.0. The molecule has 5 nitrogen and oxygen atoms in total. The number of carbonyl (C=O) groups is 1. The van der Waals surface area contributed by atoms with Crippen molar-refractivity contribution in [3.8, 4) is 5.75 Å². The Morgan fingerprint density at radius 3 is 2.73 bits per heavy atom. The Hall–Kier alpha value is -2.38. The standard InChI is InChI=1S/C19H15Br2N3O2/c20-14-8-13(19(26)16(21)9-14)10-23-24-18(25)11-22-17-7-3-5-12-4-1-2-6-15(12)17/h1-10,22,26H,11H2,(H,24,25). The Balaban J connectivity index is 1.61. The summed E-state index contributed by atoms with van der Waals surface area (Å²) in [6, 6.07) is 17.3. The molecule has 7 heteroatoms. The number of hydrogen-bond acceptors (Lipinski definition) is 4. The first kappa shape index (κ1) is 18.4. The molecule has 0 fully saturated rings. The SMILES string of the molecule is O=C(CNc1cccc2ccccc12)NN=Cc1cc(Br)cc(Br)c1O. The quantitative estimate of drug-likeness (QED) is 0.371. The zero-order valence-electron chi connectivity index (χ0n) is 13.5. The van der Waals surface area contributed by atoms with Crippen LogP contribution in [0.2, 0.25) is 0 Å². The second kappa shape index (κ2) is 8.33. The van der Waals surface area contributed by atoms with Crippen LogP contribution in [0.3, 0.4) is 0 Å². The van der Waals surface area contributed by atoms with Crippen molar-refractivity contribution in [3.63, 3.8) is 0 Å². The number of nitrogens with one attached hydrogen (secondary N) is 2. The molecule has 132 valence electrons. The van der Waals surface area contributed by atoms with Crippen molar-refractivity contribution < 1.29 is 9.90 Å². The van der Waals surface area contributed by atoms with Crippen LogP contribution in [0, 0.1) is 0 Å². The number of benzene rings is 3. The number of rotatable bonds is 5. The van der Waals surface area contributed by atoms with Gasteiger partial charge in [0.05, 0.1) is 17.2 Å². The van der Waals surface area contributed by atoms with Crippen LogP contribution in [0.15, 0.2) is 68.6 Å². The molecule has 0 saturated heterocycles. The third-order valence-corrected chi connectivity index (χ3v) is 4.74. The summed E-state index contributed by atoms with van der Waals surface area (Å²) in [4.78, 5) is 12.0. The van der Waals surface area contributed by atoms with Crippen LogP contribution in [0.5, 0.6) is 5.75 Å². The number of nitrogens with zero attached hydrogens (tertiary/aromatic N) is 1. The molecular formula is C19H15Br2N3O2. The van der Waals surface area contributed by atoms with Crippen LogP contribution >= 0.6 is 31.9 Å². The lowest BCUT2D eigenvalue weighted by Crippen LogP contribution is -2.25. The highest BCUT2D eigenvalue weighted by Crippen LogP contribution is 2.30. The first-order chi connectivity index (χ1) is 12.5. The van der Waals surface area contributed by atoms with Crippen LogP contribution < -0.4 is 10.7 Å². The van der Waals surface area contributed by atoms with E-state index in [0.717, 1.165) is 20.9 Å². The Labute approximate surface area is 167 Å². The Morgan fingerprint density at radius 2 is 1.88 bits per heavy atom. The van der Waals surface area contributed by atoms with Crippen molar-refractivity contribution in [1.82, 2.24) is 5.43 Å². The van der Waals surface area contributed by atoms with Crippen LogP contribution in [-0.4, -0.2) is 23.8 Å². The van der Waals surface area contributed by atoms with Crippen LogP contribution in [0.25, 0.3) is 10.8 Å². The van der Waals surface area contributed by atoms with Gasteiger partial charge in [0, 0.05) is 21.1 Å². The lowest BCUT2D eigenvalue weighted by atomic mass is 10.1. The van der Waals surface area contributed by atoms with Gasteiger partial charge in [-0.3, -0.25) is 4.79 Å². The number of carbonyl (C=O) groups excluding carboxylic acids is 1. The van der Waals surface area contributed by atoms with E-state index in [2.05, 4.69) is 47.7 Å². The van der Waals surface area contributed by atoms with Gasteiger partial charge in [0.15, 0.2) is 0 Å². The van der Waals surface area contributed by atoms with Gasteiger partial charge in [0.1, 0.15) is 5.75 Å². The fourth-order valence-corrected chi connectivity index (χ4v) is 3.71. The number of phenolic OH excluding ortho intramolecular Hbond substituents is 1. The van der Waals surface area contributed by atoms with Gasteiger partial charge in [0.2, 0.25) is 0 Å². The average molecular weight is 477 g/mol. The van der Waals surface area contributed by atoms with Crippen LogP contribution in [-0.2, 0) is 4.79 Å². The highest BCUT2D eigenvalue weighted by atomic mass is 79.9. The summed E-state index contributed by atoms with van der Waals surface area (Å²) >= 11 is 6.59. The molecule has 3 aromatic carbocycles. The maximum Gasteiger partial charge on any atom is 0.259 e. The zero-order valence-corrected chi connectivity index (χ0v) is 16.7. The van der Waals surface area contributed by atoms with E-state index in [4.69, 9.17) is 0 Å². The second-order valence-electron chi connectivity index (χ2n) is 5.50. The molecular weight excluding hydrogens is 462 g/mol. The summed E-state index contributed by atoms with van der Waals surface area (Å²) in [6.07, 6.45) is 1.39. The number of halogens is 2. The molecule has 1 amide bonds. The third-order valence-electron chi connectivity index (χ3n) is 3.68. The summed E-state index contributed by atoms with van der Waals surface area (Å²) in [5.41, 5.74) is 3.81. The molecule has 0 bridgehead atoms. The van der Waals surface area contributed by atoms with E-state index in [-0.39, 0.29) is 18.2 Å². The monoisotopic (exact) mass is 475 g/mol. The van der Waals surface area contributed by atoms with Gasteiger partial charge in [-0.2, -0.15) is 5.10 Å². The van der Waals surface area contributed by atoms with Gasteiger partial charge in [-0.15, -0.1) is 0 Å². The lowest BCUT2D eigenvalue weighted by Gasteiger charge is -2.09. The minimum atomic E-state index is -0.289. The van der Waals surface area contributed by atoms with E-state index in [0.29, 0.717) is 10.0 Å². The topological polar surface area (TPSA) is 73.7 Å². The molecule has 3 N–H and O–H groups in total. The van der Waals surface area contributed by atoms with E-state index in [1.165, 1.54) is 6.21 Å². The molecule has 0 aliphatic heterocycles. The molecule has 26 heavy (non-hydrogen) atoms. The predicted octanol–water partition coefficient (Wildman–Crippen LogP) is 4.63. The smallest absolute Gasteiger partial charge is 0.259 e. The fourth-order valence-electron chi connectivity index (χ4n) is 2.45. The van der Waals surface area contributed by atoms with E-state index < -0.39 is 0 Å². The summed E-state index contributed by atoms with van der Waals surface area (Å²) in [5, 5.41) is 19.1. The van der Waals surface area contributed by atoms with E-state index in [1.54, 1.807) is 12.1 Å².